The summed E-state index contributed by atoms with van der Waals surface area (Å²) in [6.45, 7) is 1.54. The van der Waals surface area contributed by atoms with Gasteiger partial charge < -0.3 is 5.73 Å². The molecule has 0 radical (unpaired) electrons. The number of carbonyl (C=O) groups is 1. The second kappa shape index (κ2) is 5.08. The third-order valence-corrected chi connectivity index (χ3v) is 6.31. The van der Waals surface area contributed by atoms with Gasteiger partial charge in [-0.05, 0) is 18.4 Å². The van der Waals surface area contributed by atoms with Gasteiger partial charge in [0.2, 0.25) is 0 Å². The lowest BCUT2D eigenvalue weighted by molar-refractivity contribution is 0.100. The highest BCUT2D eigenvalue weighted by Crippen LogP contribution is 2.31. The number of sulfonamides is 1. The molecule has 2 aromatic heterocycles. The Morgan fingerprint density at radius 3 is 2.74 bits per heavy atom. The largest absolute Gasteiger partial charge is 0.366 e. The smallest absolute Gasteiger partial charge is 0.273 e. The summed E-state index contributed by atoms with van der Waals surface area (Å²) < 4.78 is 26.8. The molecule has 102 valence electrons. The van der Waals surface area contributed by atoms with Crippen LogP contribution in [-0.2, 0) is 10.0 Å². The highest BCUT2D eigenvalue weighted by atomic mass is 35.5. The average Bonchev–Trinajstić information content (AvgIpc) is 2.84. The van der Waals surface area contributed by atoms with Crippen LogP contribution in [0.5, 0.6) is 0 Å². The number of thiazole rings is 1. The Bertz CT molecular complexity index is 735. The Kier molecular flexibility index (Phi) is 3.81. The van der Waals surface area contributed by atoms with Gasteiger partial charge in [-0.15, -0.1) is 11.3 Å². The molecule has 19 heavy (non-hydrogen) atoms. The maximum absolute atomic E-state index is 12.2. The number of anilines is 1. The van der Waals surface area contributed by atoms with Crippen LogP contribution in [0.25, 0.3) is 0 Å². The van der Waals surface area contributed by atoms with E-state index in [4.69, 9.17) is 17.3 Å². The molecule has 10 heteroatoms. The van der Waals surface area contributed by atoms with E-state index in [1.54, 1.807) is 12.3 Å². The van der Waals surface area contributed by atoms with Crippen LogP contribution in [0.15, 0.2) is 15.7 Å². The maximum atomic E-state index is 12.2. The summed E-state index contributed by atoms with van der Waals surface area (Å²) in [7, 11) is -3.82. The quantitative estimate of drug-likeness (QED) is 0.891. The Balaban J connectivity index is 2.39. The van der Waals surface area contributed by atoms with Gasteiger partial charge >= 0.3 is 0 Å². The molecule has 0 saturated heterocycles. The zero-order valence-electron chi connectivity index (χ0n) is 9.51. The first kappa shape index (κ1) is 14.3. The number of nitrogens with zero attached hydrogens (tertiary/aromatic N) is 1. The number of carbonyl (C=O) groups excluding carboxylic acids is 1. The molecule has 1 amide bonds. The minimum Gasteiger partial charge on any atom is -0.366 e. The zero-order valence-corrected chi connectivity index (χ0v) is 12.7. The summed E-state index contributed by atoms with van der Waals surface area (Å²) in [5.41, 5.74) is 5.58. The van der Waals surface area contributed by atoms with Gasteiger partial charge in [0, 0.05) is 0 Å². The van der Waals surface area contributed by atoms with Gasteiger partial charge in [0.05, 0.1) is 11.3 Å². The predicted octanol–water partition coefficient (Wildman–Crippen LogP) is 2.07. The summed E-state index contributed by atoms with van der Waals surface area (Å²) in [6.07, 6.45) is 0. The fraction of sp³-hybridized carbons (Fsp3) is 0.111. The molecule has 0 saturated carbocycles. The summed E-state index contributed by atoms with van der Waals surface area (Å²) in [4.78, 5) is 15.0. The lowest BCUT2D eigenvalue weighted by Crippen LogP contribution is -2.16. The summed E-state index contributed by atoms with van der Waals surface area (Å²) in [5, 5.41) is 1.75. The highest BCUT2D eigenvalue weighted by molar-refractivity contribution is 7.95. The van der Waals surface area contributed by atoms with Gasteiger partial charge in [-0.2, -0.15) is 0 Å². The van der Waals surface area contributed by atoms with Crippen molar-refractivity contribution in [3.63, 3.8) is 0 Å². The standard InChI is InChI=1S/C9H8ClN3O3S3/c1-4-8(18-9(10)12-4)19(15,16)13-7-5(6(11)14)2-3-17-7/h2-3,13H,1H3,(H2,11,14). The van der Waals surface area contributed by atoms with E-state index in [0.29, 0.717) is 5.69 Å². The molecule has 2 rings (SSSR count). The van der Waals surface area contributed by atoms with E-state index in [-0.39, 0.29) is 19.2 Å². The predicted molar refractivity (Wildman–Crippen MR) is 75.5 cm³/mol. The Morgan fingerprint density at radius 1 is 1.53 bits per heavy atom. The summed E-state index contributed by atoms with van der Waals surface area (Å²) in [6, 6.07) is 1.46. The molecule has 0 spiro atoms. The fourth-order valence-electron chi connectivity index (χ4n) is 1.35. The number of amides is 1. The van der Waals surface area contributed by atoms with Gasteiger partial charge in [-0.1, -0.05) is 22.9 Å². The topological polar surface area (TPSA) is 102 Å². The molecule has 0 unspecified atom stereocenters. The third kappa shape index (κ3) is 2.89. The maximum Gasteiger partial charge on any atom is 0.273 e. The van der Waals surface area contributed by atoms with E-state index in [9.17, 15) is 13.2 Å². The minimum atomic E-state index is -3.82. The number of hydrogen-bond acceptors (Lipinski definition) is 6. The highest BCUT2D eigenvalue weighted by Gasteiger charge is 2.24. The third-order valence-electron chi connectivity index (χ3n) is 2.13. The molecule has 0 aliphatic heterocycles. The Hall–Kier alpha value is -1.16. The van der Waals surface area contributed by atoms with Crippen LogP contribution in [0.3, 0.4) is 0 Å². The van der Waals surface area contributed by atoms with Gasteiger partial charge in [0.1, 0.15) is 5.00 Å². The molecule has 0 aromatic carbocycles. The van der Waals surface area contributed by atoms with E-state index >= 15 is 0 Å². The normalized spacial score (nSPS) is 11.5. The van der Waals surface area contributed by atoms with Crippen molar-refractivity contribution in [2.24, 2.45) is 5.73 Å². The second-order valence-corrected chi connectivity index (χ2v) is 7.85. The van der Waals surface area contributed by atoms with Gasteiger partial charge in [-0.25, -0.2) is 13.4 Å². The fourth-order valence-corrected chi connectivity index (χ4v) is 5.21. The molecule has 3 N–H and O–H groups in total. The summed E-state index contributed by atoms with van der Waals surface area (Å²) in [5.74, 6) is -0.696. The molecular weight excluding hydrogens is 330 g/mol. The zero-order chi connectivity index (χ0) is 14.2. The molecule has 0 bridgehead atoms. The van der Waals surface area contributed by atoms with Gasteiger partial charge in [-0.3, -0.25) is 9.52 Å². The average molecular weight is 338 g/mol. The summed E-state index contributed by atoms with van der Waals surface area (Å²) >= 11 is 7.60. The Labute approximate surface area is 122 Å². The number of nitrogens with one attached hydrogen (secondary N) is 1. The first-order chi connectivity index (χ1) is 8.81. The minimum absolute atomic E-state index is 0.0151. The van der Waals surface area contributed by atoms with E-state index in [1.165, 1.54) is 6.07 Å². The number of aromatic nitrogens is 1. The van der Waals surface area contributed by atoms with E-state index in [1.807, 2.05) is 0 Å². The molecule has 6 nitrogen and oxygen atoms in total. The lowest BCUT2D eigenvalue weighted by Gasteiger charge is -2.05. The van der Waals surface area contributed by atoms with Crippen molar-refractivity contribution in [1.82, 2.24) is 4.98 Å². The molecule has 0 aliphatic rings. The van der Waals surface area contributed by atoms with E-state index in [2.05, 4.69) is 9.71 Å². The van der Waals surface area contributed by atoms with Crippen molar-refractivity contribution in [3.05, 3.63) is 27.2 Å². The molecular formula is C9H8ClN3O3S3. The van der Waals surface area contributed by atoms with Crippen molar-refractivity contribution in [3.8, 4) is 0 Å². The number of aryl methyl sites for hydroxylation is 1. The van der Waals surface area contributed by atoms with Crippen LogP contribution in [0, 0.1) is 6.92 Å². The van der Waals surface area contributed by atoms with Gasteiger partial charge in [0.25, 0.3) is 15.9 Å². The number of hydrogen-bond donors (Lipinski definition) is 2. The first-order valence-electron chi connectivity index (χ1n) is 4.84. The van der Waals surface area contributed by atoms with Crippen molar-refractivity contribution >= 4 is 55.2 Å². The molecule has 2 heterocycles. The number of primary amides is 1. The van der Waals surface area contributed by atoms with Crippen LogP contribution in [0.4, 0.5) is 5.00 Å². The van der Waals surface area contributed by atoms with Crippen LogP contribution >= 0.6 is 34.3 Å². The van der Waals surface area contributed by atoms with E-state index < -0.39 is 15.9 Å². The molecule has 0 atom stereocenters. The number of thiophene rings is 1. The molecule has 2 aromatic rings. The van der Waals surface area contributed by atoms with Crippen molar-refractivity contribution in [2.45, 2.75) is 11.1 Å². The van der Waals surface area contributed by atoms with Crippen molar-refractivity contribution < 1.29 is 13.2 Å². The van der Waals surface area contributed by atoms with Gasteiger partial charge in [0.15, 0.2) is 8.68 Å². The number of halogens is 1. The van der Waals surface area contributed by atoms with E-state index in [0.717, 1.165) is 22.7 Å². The van der Waals surface area contributed by atoms with Crippen LogP contribution in [0.1, 0.15) is 16.1 Å². The van der Waals surface area contributed by atoms with Crippen molar-refractivity contribution in [2.75, 3.05) is 4.72 Å². The first-order valence-corrected chi connectivity index (χ1v) is 8.40. The van der Waals surface area contributed by atoms with Crippen molar-refractivity contribution in [1.29, 1.82) is 0 Å². The SMILES string of the molecule is Cc1nc(Cl)sc1S(=O)(=O)Nc1sccc1C(N)=O. The second-order valence-electron chi connectivity index (χ2n) is 3.47. The lowest BCUT2D eigenvalue weighted by atomic mass is 10.3. The number of rotatable bonds is 4. The monoisotopic (exact) mass is 337 g/mol. The number of nitrogens with two attached hydrogens (primary N) is 1. The molecule has 0 aliphatic carbocycles. The molecule has 0 fully saturated rings. The van der Waals surface area contributed by atoms with Crippen LogP contribution in [0.2, 0.25) is 4.47 Å². The Morgan fingerprint density at radius 2 is 2.21 bits per heavy atom. The van der Waals surface area contributed by atoms with Crippen LogP contribution in [-0.4, -0.2) is 19.3 Å². The van der Waals surface area contributed by atoms with Crippen LogP contribution < -0.4 is 10.5 Å².